The lowest BCUT2D eigenvalue weighted by atomic mass is 9.98. The molecule has 1 aromatic rings. The van der Waals surface area contributed by atoms with Gasteiger partial charge < -0.3 is 10.1 Å². The Morgan fingerprint density at radius 1 is 1.17 bits per heavy atom. The largest absolute Gasteiger partial charge is 0.377 e. The summed E-state index contributed by atoms with van der Waals surface area (Å²) in [6.07, 6.45) is 7.14. The number of ether oxygens (including phenoxy) is 1. The molecule has 1 aliphatic rings. The maximum Gasteiger partial charge on any atom is 0.0594 e. The first-order chi connectivity index (χ1) is 8.86. The molecule has 100 valence electrons. The van der Waals surface area contributed by atoms with Crippen LogP contribution in [0.5, 0.6) is 0 Å². The van der Waals surface area contributed by atoms with Gasteiger partial charge in [-0.2, -0.15) is 0 Å². The van der Waals surface area contributed by atoms with E-state index in [-0.39, 0.29) is 0 Å². The van der Waals surface area contributed by atoms with Crippen molar-refractivity contribution < 1.29 is 4.74 Å². The highest BCUT2D eigenvalue weighted by Gasteiger charge is 2.12. The predicted molar refractivity (Wildman–Crippen MR) is 75.7 cm³/mol. The molecule has 18 heavy (non-hydrogen) atoms. The first-order valence-electron chi connectivity index (χ1n) is 7.23. The van der Waals surface area contributed by atoms with E-state index in [1.165, 1.54) is 43.2 Å². The molecular weight excluding hydrogens is 222 g/mol. The second-order valence-electron chi connectivity index (χ2n) is 5.23. The molecule has 1 fully saturated rings. The SMILES string of the molecule is Cc1ccccc1CNCCOC1CCCCC1. The average molecular weight is 247 g/mol. The molecule has 1 saturated carbocycles. The molecule has 2 rings (SSSR count). The van der Waals surface area contributed by atoms with Gasteiger partial charge in [-0.3, -0.25) is 0 Å². The van der Waals surface area contributed by atoms with Crippen LogP contribution >= 0.6 is 0 Å². The zero-order valence-electron chi connectivity index (χ0n) is 11.5. The number of aryl methyl sites for hydroxylation is 1. The van der Waals surface area contributed by atoms with Gasteiger partial charge in [0, 0.05) is 13.1 Å². The zero-order valence-corrected chi connectivity index (χ0v) is 11.5. The first kappa shape index (κ1) is 13.6. The van der Waals surface area contributed by atoms with Crippen molar-refractivity contribution in [2.75, 3.05) is 13.2 Å². The van der Waals surface area contributed by atoms with Crippen molar-refractivity contribution >= 4 is 0 Å². The molecule has 0 spiro atoms. The maximum absolute atomic E-state index is 5.89. The molecule has 0 unspecified atom stereocenters. The fraction of sp³-hybridized carbons (Fsp3) is 0.625. The van der Waals surface area contributed by atoms with Gasteiger partial charge in [-0.05, 0) is 30.9 Å². The van der Waals surface area contributed by atoms with Crippen molar-refractivity contribution in [3.8, 4) is 0 Å². The normalized spacial score (nSPS) is 16.9. The molecule has 2 nitrogen and oxygen atoms in total. The van der Waals surface area contributed by atoms with Crippen molar-refractivity contribution in [3.05, 3.63) is 35.4 Å². The maximum atomic E-state index is 5.89. The molecule has 0 aliphatic heterocycles. The molecule has 1 N–H and O–H groups in total. The van der Waals surface area contributed by atoms with E-state index < -0.39 is 0 Å². The van der Waals surface area contributed by atoms with Crippen LogP contribution in [-0.4, -0.2) is 19.3 Å². The lowest BCUT2D eigenvalue weighted by molar-refractivity contribution is 0.0302. The predicted octanol–water partition coefficient (Wildman–Crippen LogP) is 3.43. The fourth-order valence-electron chi connectivity index (χ4n) is 2.56. The van der Waals surface area contributed by atoms with Crippen molar-refractivity contribution in [2.24, 2.45) is 0 Å². The molecule has 0 saturated heterocycles. The van der Waals surface area contributed by atoms with E-state index in [9.17, 15) is 0 Å². The number of nitrogens with one attached hydrogen (secondary N) is 1. The van der Waals surface area contributed by atoms with Gasteiger partial charge in [-0.25, -0.2) is 0 Å². The topological polar surface area (TPSA) is 21.3 Å². The molecule has 0 bridgehead atoms. The van der Waals surface area contributed by atoms with E-state index in [1.54, 1.807) is 0 Å². The van der Waals surface area contributed by atoms with Crippen LogP contribution in [0.25, 0.3) is 0 Å². The van der Waals surface area contributed by atoms with E-state index in [0.717, 1.165) is 19.7 Å². The van der Waals surface area contributed by atoms with Gasteiger partial charge >= 0.3 is 0 Å². The van der Waals surface area contributed by atoms with Gasteiger partial charge in [0.15, 0.2) is 0 Å². The number of benzene rings is 1. The third-order valence-electron chi connectivity index (χ3n) is 3.76. The van der Waals surface area contributed by atoms with Crippen LogP contribution in [0.2, 0.25) is 0 Å². The lowest BCUT2D eigenvalue weighted by Gasteiger charge is -2.22. The lowest BCUT2D eigenvalue weighted by Crippen LogP contribution is -2.24. The molecule has 0 radical (unpaired) electrons. The number of rotatable bonds is 6. The molecule has 0 aromatic heterocycles. The Bertz CT molecular complexity index is 345. The summed E-state index contributed by atoms with van der Waals surface area (Å²) in [5.41, 5.74) is 2.74. The van der Waals surface area contributed by atoms with Crippen molar-refractivity contribution in [3.63, 3.8) is 0 Å². The fourth-order valence-corrected chi connectivity index (χ4v) is 2.56. The molecule has 0 heterocycles. The van der Waals surface area contributed by atoms with Crippen LogP contribution in [0.3, 0.4) is 0 Å². The summed E-state index contributed by atoms with van der Waals surface area (Å²) in [6.45, 7) is 4.90. The molecular formula is C16H25NO. The second kappa shape index (κ2) is 7.55. The molecule has 0 atom stereocenters. The van der Waals surface area contributed by atoms with Gasteiger partial charge in [0.25, 0.3) is 0 Å². The minimum Gasteiger partial charge on any atom is -0.377 e. The quantitative estimate of drug-likeness (QED) is 0.778. The number of hydrogen-bond acceptors (Lipinski definition) is 2. The van der Waals surface area contributed by atoms with Crippen molar-refractivity contribution in [1.82, 2.24) is 5.32 Å². The summed E-state index contributed by atoms with van der Waals surface area (Å²) >= 11 is 0. The van der Waals surface area contributed by atoms with Gasteiger partial charge in [0.05, 0.1) is 12.7 Å². The summed E-state index contributed by atoms with van der Waals surface area (Å²) in [7, 11) is 0. The van der Waals surface area contributed by atoms with E-state index in [2.05, 4.69) is 36.5 Å². The summed E-state index contributed by atoms with van der Waals surface area (Å²) < 4.78 is 5.89. The number of hydrogen-bond donors (Lipinski definition) is 1. The van der Waals surface area contributed by atoms with Crippen LogP contribution in [0.4, 0.5) is 0 Å². The highest BCUT2D eigenvalue weighted by molar-refractivity contribution is 5.25. The average Bonchev–Trinajstić information content (AvgIpc) is 2.42. The standard InChI is InChI=1S/C16H25NO/c1-14-7-5-6-8-15(14)13-17-11-12-18-16-9-3-2-4-10-16/h5-8,16-17H,2-4,9-13H2,1H3. The third kappa shape index (κ3) is 4.43. The van der Waals surface area contributed by atoms with E-state index in [1.807, 2.05) is 0 Å². The molecule has 1 aromatic carbocycles. The first-order valence-corrected chi connectivity index (χ1v) is 7.23. The Morgan fingerprint density at radius 2 is 1.94 bits per heavy atom. The molecule has 2 heteroatoms. The zero-order chi connectivity index (χ0) is 12.6. The Balaban J connectivity index is 1.57. The minimum absolute atomic E-state index is 0.527. The Morgan fingerprint density at radius 3 is 2.72 bits per heavy atom. The van der Waals surface area contributed by atoms with Gasteiger partial charge in [0.1, 0.15) is 0 Å². The highest BCUT2D eigenvalue weighted by Crippen LogP contribution is 2.19. The van der Waals surface area contributed by atoms with Crippen LogP contribution in [0.1, 0.15) is 43.2 Å². The van der Waals surface area contributed by atoms with E-state index >= 15 is 0 Å². The monoisotopic (exact) mass is 247 g/mol. The van der Waals surface area contributed by atoms with Crippen LogP contribution < -0.4 is 5.32 Å². The van der Waals surface area contributed by atoms with Gasteiger partial charge in [0.2, 0.25) is 0 Å². The third-order valence-corrected chi connectivity index (χ3v) is 3.76. The van der Waals surface area contributed by atoms with Crippen LogP contribution in [-0.2, 0) is 11.3 Å². The molecule has 1 aliphatic carbocycles. The summed E-state index contributed by atoms with van der Waals surface area (Å²) in [5.74, 6) is 0. The van der Waals surface area contributed by atoms with Crippen molar-refractivity contribution in [1.29, 1.82) is 0 Å². The second-order valence-corrected chi connectivity index (χ2v) is 5.23. The van der Waals surface area contributed by atoms with Gasteiger partial charge in [-0.15, -0.1) is 0 Å². The van der Waals surface area contributed by atoms with Crippen molar-refractivity contribution in [2.45, 2.75) is 51.7 Å². The van der Waals surface area contributed by atoms with Gasteiger partial charge in [-0.1, -0.05) is 43.5 Å². The summed E-state index contributed by atoms with van der Waals surface area (Å²) in [6, 6.07) is 8.54. The smallest absolute Gasteiger partial charge is 0.0594 e. The van der Waals surface area contributed by atoms with E-state index in [4.69, 9.17) is 4.74 Å². The molecule has 0 amide bonds. The summed E-state index contributed by atoms with van der Waals surface area (Å²) in [4.78, 5) is 0. The Labute approximate surface area is 111 Å². The minimum atomic E-state index is 0.527. The summed E-state index contributed by atoms with van der Waals surface area (Å²) in [5, 5.41) is 3.46. The Kier molecular flexibility index (Phi) is 5.69. The van der Waals surface area contributed by atoms with Crippen LogP contribution in [0, 0.1) is 6.92 Å². The van der Waals surface area contributed by atoms with Crippen LogP contribution in [0.15, 0.2) is 24.3 Å². The van der Waals surface area contributed by atoms with E-state index in [0.29, 0.717) is 6.10 Å². The highest BCUT2D eigenvalue weighted by atomic mass is 16.5. The Hall–Kier alpha value is -0.860.